The van der Waals surface area contributed by atoms with E-state index >= 15 is 0 Å². The van der Waals surface area contributed by atoms with E-state index in [4.69, 9.17) is 0 Å². The molecule has 0 aromatic heterocycles. The molecule has 0 saturated heterocycles. The van der Waals surface area contributed by atoms with E-state index in [2.05, 4.69) is 5.32 Å². The molecular weight excluding hydrogens is 252 g/mol. The fraction of sp³-hybridized carbons (Fsp3) is 0.500. The van der Waals surface area contributed by atoms with E-state index in [9.17, 15) is 9.59 Å². The number of nitrogens with one attached hydrogen (secondary N) is 1. The number of aryl methyl sites for hydroxylation is 1. The number of hydrogen-bond donors (Lipinski definition) is 1. The summed E-state index contributed by atoms with van der Waals surface area (Å²) in [4.78, 5) is 25.2. The van der Waals surface area contributed by atoms with E-state index in [1.54, 1.807) is 4.90 Å². The maximum atomic E-state index is 12.1. The maximum Gasteiger partial charge on any atom is 0.244 e. The molecular formula is C16H24N2O2. The smallest absolute Gasteiger partial charge is 0.244 e. The molecule has 1 aromatic carbocycles. The van der Waals surface area contributed by atoms with Gasteiger partial charge in [0.15, 0.2) is 0 Å². The number of anilines is 1. The van der Waals surface area contributed by atoms with Crippen molar-refractivity contribution in [2.45, 2.75) is 34.6 Å². The van der Waals surface area contributed by atoms with Crippen LogP contribution in [0.15, 0.2) is 18.2 Å². The van der Waals surface area contributed by atoms with Gasteiger partial charge in [-0.15, -0.1) is 0 Å². The highest BCUT2D eigenvalue weighted by atomic mass is 16.2. The van der Waals surface area contributed by atoms with Gasteiger partial charge in [-0.1, -0.05) is 26.0 Å². The lowest BCUT2D eigenvalue weighted by Crippen LogP contribution is -2.38. The minimum absolute atomic E-state index is 0.0742. The van der Waals surface area contributed by atoms with Gasteiger partial charge in [-0.05, 0) is 37.0 Å². The van der Waals surface area contributed by atoms with Crippen LogP contribution < -0.4 is 5.32 Å². The zero-order valence-electron chi connectivity index (χ0n) is 13.0. The number of rotatable bonds is 5. The molecule has 0 fully saturated rings. The summed E-state index contributed by atoms with van der Waals surface area (Å²) in [6.45, 7) is 10.2. The molecule has 0 radical (unpaired) electrons. The van der Waals surface area contributed by atoms with Crippen LogP contribution in [0.4, 0.5) is 5.69 Å². The summed E-state index contributed by atoms with van der Waals surface area (Å²) in [7, 11) is 0. The van der Waals surface area contributed by atoms with Crippen LogP contribution in [0.3, 0.4) is 0 Å². The minimum Gasteiger partial charge on any atom is -0.333 e. The Morgan fingerprint density at radius 3 is 2.45 bits per heavy atom. The van der Waals surface area contributed by atoms with Crippen molar-refractivity contribution in [2.24, 2.45) is 5.92 Å². The molecule has 0 aliphatic carbocycles. The highest BCUT2D eigenvalue weighted by Crippen LogP contribution is 2.17. The van der Waals surface area contributed by atoms with Gasteiger partial charge in [-0.2, -0.15) is 0 Å². The van der Waals surface area contributed by atoms with E-state index in [0.29, 0.717) is 12.5 Å². The van der Waals surface area contributed by atoms with Crippen LogP contribution in [0.25, 0.3) is 0 Å². The first-order chi connectivity index (χ1) is 9.31. The van der Waals surface area contributed by atoms with Gasteiger partial charge in [0.1, 0.15) is 0 Å². The highest BCUT2D eigenvalue weighted by Gasteiger charge is 2.15. The number of hydrogen-bond acceptors (Lipinski definition) is 2. The molecule has 0 unspecified atom stereocenters. The monoisotopic (exact) mass is 276 g/mol. The number of nitrogens with zero attached hydrogens (tertiary/aromatic N) is 1. The summed E-state index contributed by atoms with van der Waals surface area (Å²) in [5, 5.41) is 2.88. The molecule has 1 aromatic rings. The molecule has 0 spiro atoms. The van der Waals surface area contributed by atoms with Gasteiger partial charge in [-0.3, -0.25) is 9.59 Å². The Bertz CT molecular complexity index is 495. The predicted molar refractivity (Wildman–Crippen MR) is 81.6 cm³/mol. The molecule has 0 bridgehead atoms. The van der Waals surface area contributed by atoms with Gasteiger partial charge in [0, 0.05) is 19.2 Å². The second-order valence-corrected chi connectivity index (χ2v) is 5.59. The SMILES string of the molecule is CC(=O)N(CC(=O)Nc1cccc(C)c1C)CC(C)C. The average molecular weight is 276 g/mol. The Morgan fingerprint density at radius 1 is 1.25 bits per heavy atom. The van der Waals surface area contributed by atoms with Crippen molar-refractivity contribution >= 4 is 17.5 Å². The van der Waals surface area contributed by atoms with Gasteiger partial charge in [0.25, 0.3) is 0 Å². The van der Waals surface area contributed by atoms with Crippen LogP contribution >= 0.6 is 0 Å². The van der Waals surface area contributed by atoms with Crippen LogP contribution in [0.2, 0.25) is 0 Å². The van der Waals surface area contributed by atoms with Crippen molar-refractivity contribution in [3.05, 3.63) is 29.3 Å². The van der Waals surface area contributed by atoms with E-state index in [0.717, 1.165) is 16.8 Å². The third kappa shape index (κ3) is 4.68. The van der Waals surface area contributed by atoms with Crippen molar-refractivity contribution in [1.29, 1.82) is 0 Å². The van der Waals surface area contributed by atoms with Crippen molar-refractivity contribution in [2.75, 3.05) is 18.4 Å². The van der Waals surface area contributed by atoms with E-state index in [1.165, 1.54) is 6.92 Å². The minimum atomic E-state index is -0.158. The molecule has 4 heteroatoms. The number of carbonyl (C=O) groups excluding carboxylic acids is 2. The fourth-order valence-electron chi connectivity index (χ4n) is 1.99. The lowest BCUT2D eigenvalue weighted by Gasteiger charge is -2.22. The van der Waals surface area contributed by atoms with Gasteiger partial charge < -0.3 is 10.2 Å². The molecule has 20 heavy (non-hydrogen) atoms. The molecule has 110 valence electrons. The molecule has 2 amide bonds. The Labute approximate surface area is 121 Å². The number of benzene rings is 1. The normalized spacial score (nSPS) is 10.5. The second kappa shape index (κ2) is 7.08. The molecule has 1 N–H and O–H groups in total. The van der Waals surface area contributed by atoms with Gasteiger partial charge in [0.05, 0.1) is 6.54 Å². The van der Waals surface area contributed by atoms with E-state index in [-0.39, 0.29) is 18.4 Å². The number of amides is 2. The van der Waals surface area contributed by atoms with Gasteiger partial charge >= 0.3 is 0 Å². The van der Waals surface area contributed by atoms with Crippen molar-refractivity contribution < 1.29 is 9.59 Å². The first-order valence-electron chi connectivity index (χ1n) is 6.92. The molecule has 0 saturated carbocycles. The van der Waals surface area contributed by atoms with Crippen molar-refractivity contribution in [3.63, 3.8) is 0 Å². The summed E-state index contributed by atoms with van der Waals surface area (Å²) in [5.41, 5.74) is 3.00. The molecule has 0 aliphatic rings. The van der Waals surface area contributed by atoms with Gasteiger partial charge in [0.2, 0.25) is 11.8 Å². The summed E-state index contributed by atoms with van der Waals surface area (Å²) >= 11 is 0. The van der Waals surface area contributed by atoms with Crippen molar-refractivity contribution in [1.82, 2.24) is 4.90 Å². The Morgan fingerprint density at radius 2 is 1.90 bits per heavy atom. The molecule has 0 aliphatic heterocycles. The Hall–Kier alpha value is -1.84. The van der Waals surface area contributed by atoms with Crippen LogP contribution in [0, 0.1) is 19.8 Å². The third-order valence-electron chi connectivity index (χ3n) is 3.24. The van der Waals surface area contributed by atoms with Crippen LogP contribution in [0.1, 0.15) is 31.9 Å². The summed E-state index contributed by atoms with van der Waals surface area (Å²) in [5.74, 6) is 0.108. The Kier molecular flexibility index (Phi) is 5.74. The van der Waals surface area contributed by atoms with Crippen LogP contribution in [0.5, 0.6) is 0 Å². The number of carbonyl (C=O) groups is 2. The first kappa shape index (κ1) is 16.2. The van der Waals surface area contributed by atoms with Crippen molar-refractivity contribution in [3.8, 4) is 0 Å². The summed E-state index contributed by atoms with van der Waals surface area (Å²) in [6, 6.07) is 5.79. The standard InChI is InChI=1S/C16H24N2O2/c1-11(2)9-18(14(5)19)10-16(20)17-15-8-6-7-12(3)13(15)4/h6-8,11H,9-10H2,1-5H3,(H,17,20). The first-order valence-corrected chi connectivity index (χ1v) is 6.92. The zero-order chi connectivity index (χ0) is 15.3. The van der Waals surface area contributed by atoms with Gasteiger partial charge in [-0.25, -0.2) is 0 Å². The lowest BCUT2D eigenvalue weighted by molar-refractivity contribution is -0.133. The quantitative estimate of drug-likeness (QED) is 0.899. The average Bonchev–Trinajstić information content (AvgIpc) is 2.33. The zero-order valence-corrected chi connectivity index (χ0v) is 13.0. The Balaban J connectivity index is 2.71. The van der Waals surface area contributed by atoms with E-state index in [1.807, 2.05) is 45.9 Å². The predicted octanol–water partition coefficient (Wildman–Crippen LogP) is 2.75. The van der Waals surface area contributed by atoms with Crippen LogP contribution in [-0.4, -0.2) is 29.8 Å². The fourth-order valence-corrected chi connectivity index (χ4v) is 1.99. The maximum absolute atomic E-state index is 12.1. The molecule has 4 nitrogen and oxygen atoms in total. The third-order valence-corrected chi connectivity index (χ3v) is 3.24. The largest absolute Gasteiger partial charge is 0.333 e. The molecule has 1 rings (SSSR count). The summed E-state index contributed by atoms with van der Waals surface area (Å²) in [6.07, 6.45) is 0. The topological polar surface area (TPSA) is 49.4 Å². The molecule has 0 atom stereocenters. The molecule has 0 heterocycles. The summed E-state index contributed by atoms with van der Waals surface area (Å²) < 4.78 is 0. The highest BCUT2D eigenvalue weighted by molar-refractivity contribution is 5.95. The second-order valence-electron chi connectivity index (χ2n) is 5.59. The van der Waals surface area contributed by atoms with E-state index < -0.39 is 0 Å². The lowest BCUT2D eigenvalue weighted by atomic mass is 10.1. The van der Waals surface area contributed by atoms with Crippen LogP contribution in [-0.2, 0) is 9.59 Å².